The van der Waals surface area contributed by atoms with Crippen molar-refractivity contribution in [3.05, 3.63) is 60.9 Å². The van der Waals surface area contributed by atoms with Gasteiger partial charge in [-0.15, -0.1) is 0 Å². The molecule has 0 saturated heterocycles. The van der Waals surface area contributed by atoms with E-state index in [9.17, 15) is 0 Å². The van der Waals surface area contributed by atoms with Gasteiger partial charge >= 0.3 is 0 Å². The highest BCUT2D eigenvalue weighted by Crippen LogP contribution is 2.18. The van der Waals surface area contributed by atoms with Crippen LogP contribution in [0.3, 0.4) is 0 Å². The molecule has 0 spiro atoms. The largest absolute Gasteiger partial charge is 0.461 e. The summed E-state index contributed by atoms with van der Waals surface area (Å²) in [7, 11) is 0. The van der Waals surface area contributed by atoms with Gasteiger partial charge in [0.15, 0.2) is 11.6 Å². The molecule has 17 heavy (non-hydrogen) atoms. The molecule has 84 valence electrons. The second kappa shape index (κ2) is 4.25. The fourth-order valence-corrected chi connectivity index (χ4v) is 1.76. The van der Waals surface area contributed by atoms with Crippen molar-refractivity contribution >= 4 is 0 Å². The van der Waals surface area contributed by atoms with E-state index in [1.54, 1.807) is 18.7 Å². The van der Waals surface area contributed by atoms with Crippen LogP contribution in [0.25, 0.3) is 11.6 Å². The minimum Gasteiger partial charge on any atom is -0.461 e. The molecule has 0 amide bonds. The van der Waals surface area contributed by atoms with Crippen LogP contribution in [0.2, 0.25) is 0 Å². The van der Waals surface area contributed by atoms with Gasteiger partial charge in [0.1, 0.15) is 0 Å². The summed E-state index contributed by atoms with van der Waals surface area (Å²) in [4.78, 5) is 8.40. The Morgan fingerprint density at radius 3 is 2.94 bits per heavy atom. The second-order valence-electron chi connectivity index (χ2n) is 3.72. The molecule has 3 aromatic heterocycles. The lowest BCUT2D eigenvalue weighted by Gasteiger charge is -2.05. The minimum absolute atomic E-state index is 0.740. The number of nitrogens with zero attached hydrogens (tertiary/aromatic N) is 3. The number of imidazole rings is 1. The van der Waals surface area contributed by atoms with Gasteiger partial charge in [-0.2, -0.15) is 0 Å². The van der Waals surface area contributed by atoms with Gasteiger partial charge < -0.3 is 8.98 Å². The summed E-state index contributed by atoms with van der Waals surface area (Å²) in [5, 5.41) is 0. The zero-order valence-corrected chi connectivity index (χ0v) is 9.15. The first-order valence-corrected chi connectivity index (χ1v) is 5.37. The van der Waals surface area contributed by atoms with Crippen molar-refractivity contribution in [1.29, 1.82) is 0 Å². The molecule has 0 unspecified atom stereocenters. The van der Waals surface area contributed by atoms with Crippen molar-refractivity contribution < 1.29 is 4.42 Å². The van der Waals surface area contributed by atoms with Gasteiger partial charge in [-0.1, -0.05) is 6.07 Å². The van der Waals surface area contributed by atoms with E-state index >= 15 is 0 Å². The van der Waals surface area contributed by atoms with Crippen LogP contribution in [0.1, 0.15) is 5.56 Å². The molecular weight excluding hydrogens is 214 g/mol. The van der Waals surface area contributed by atoms with Gasteiger partial charge in [0.05, 0.1) is 12.8 Å². The lowest BCUT2D eigenvalue weighted by Crippen LogP contribution is -2.00. The molecule has 0 N–H and O–H groups in total. The molecule has 3 aromatic rings. The highest BCUT2D eigenvalue weighted by atomic mass is 16.3. The van der Waals surface area contributed by atoms with Crippen molar-refractivity contribution in [2.45, 2.75) is 6.54 Å². The summed E-state index contributed by atoms with van der Waals surface area (Å²) >= 11 is 0. The Morgan fingerprint density at radius 2 is 2.18 bits per heavy atom. The summed E-state index contributed by atoms with van der Waals surface area (Å²) in [6.45, 7) is 0.740. The molecule has 0 bridgehead atoms. The zero-order chi connectivity index (χ0) is 11.5. The molecule has 4 nitrogen and oxygen atoms in total. The number of furan rings is 1. The molecule has 3 rings (SSSR count). The van der Waals surface area contributed by atoms with Crippen LogP contribution in [0.4, 0.5) is 0 Å². The van der Waals surface area contributed by atoms with Gasteiger partial charge in [0.25, 0.3) is 0 Å². The van der Waals surface area contributed by atoms with Crippen molar-refractivity contribution in [3.63, 3.8) is 0 Å². The van der Waals surface area contributed by atoms with Crippen LogP contribution in [-0.2, 0) is 6.54 Å². The van der Waals surface area contributed by atoms with Crippen LogP contribution in [0, 0.1) is 0 Å². The van der Waals surface area contributed by atoms with Crippen molar-refractivity contribution in [2.75, 3.05) is 0 Å². The Labute approximate surface area is 98.6 Å². The summed E-state index contributed by atoms with van der Waals surface area (Å²) in [5.74, 6) is 1.61. The van der Waals surface area contributed by atoms with E-state index in [1.807, 2.05) is 41.2 Å². The van der Waals surface area contributed by atoms with Gasteiger partial charge in [-0.25, -0.2) is 4.98 Å². The third-order valence-corrected chi connectivity index (χ3v) is 2.53. The summed E-state index contributed by atoms with van der Waals surface area (Å²) in [6, 6.07) is 7.73. The molecule has 0 aromatic carbocycles. The second-order valence-corrected chi connectivity index (χ2v) is 3.72. The van der Waals surface area contributed by atoms with E-state index in [-0.39, 0.29) is 0 Å². The Balaban J connectivity index is 1.92. The van der Waals surface area contributed by atoms with Crippen molar-refractivity contribution in [1.82, 2.24) is 14.5 Å². The zero-order valence-electron chi connectivity index (χ0n) is 9.15. The molecule has 0 aliphatic carbocycles. The standard InChI is InChI=1S/C13H11N3O/c1-3-11(9-14-5-1)10-16-7-6-15-13(16)12-4-2-8-17-12/h1-9H,10H2. The molecule has 3 heterocycles. The Kier molecular flexibility index (Phi) is 2.46. The highest BCUT2D eigenvalue weighted by Gasteiger charge is 2.08. The lowest BCUT2D eigenvalue weighted by atomic mass is 10.3. The first-order valence-electron chi connectivity index (χ1n) is 5.37. The molecule has 0 aliphatic heterocycles. The SMILES string of the molecule is c1cncc(Cn2ccnc2-c2ccco2)c1. The van der Waals surface area contributed by atoms with E-state index in [1.165, 1.54) is 0 Å². The quantitative estimate of drug-likeness (QED) is 0.688. The number of rotatable bonds is 3. The summed E-state index contributed by atoms with van der Waals surface area (Å²) < 4.78 is 7.39. The summed E-state index contributed by atoms with van der Waals surface area (Å²) in [6.07, 6.45) is 8.98. The maximum Gasteiger partial charge on any atom is 0.176 e. The first-order chi connectivity index (χ1) is 8.43. The monoisotopic (exact) mass is 225 g/mol. The van der Waals surface area contributed by atoms with Gasteiger partial charge in [0.2, 0.25) is 0 Å². The van der Waals surface area contributed by atoms with Crippen molar-refractivity contribution in [2.24, 2.45) is 0 Å². The molecular formula is C13H11N3O. The van der Waals surface area contributed by atoms with Gasteiger partial charge in [-0.05, 0) is 23.8 Å². The predicted molar refractivity (Wildman–Crippen MR) is 63.3 cm³/mol. The number of aromatic nitrogens is 3. The molecule has 0 atom stereocenters. The Morgan fingerprint density at radius 1 is 1.18 bits per heavy atom. The Hall–Kier alpha value is -2.36. The first kappa shape index (κ1) is 9.84. The van der Waals surface area contributed by atoms with E-state index in [4.69, 9.17) is 4.42 Å². The summed E-state index contributed by atoms with van der Waals surface area (Å²) in [5.41, 5.74) is 1.14. The van der Waals surface area contributed by atoms with Crippen LogP contribution < -0.4 is 0 Å². The lowest BCUT2D eigenvalue weighted by molar-refractivity contribution is 0.571. The van der Waals surface area contributed by atoms with Crippen molar-refractivity contribution in [3.8, 4) is 11.6 Å². The van der Waals surface area contributed by atoms with E-state index in [0.29, 0.717) is 0 Å². The fraction of sp³-hybridized carbons (Fsp3) is 0.0769. The van der Waals surface area contributed by atoms with Gasteiger partial charge in [-0.3, -0.25) is 4.98 Å². The highest BCUT2D eigenvalue weighted by molar-refractivity contribution is 5.47. The van der Waals surface area contributed by atoms with E-state index in [0.717, 1.165) is 23.7 Å². The van der Waals surface area contributed by atoms with E-state index < -0.39 is 0 Å². The normalized spacial score (nSPS) is 10.6. The fourth-order valence-electron chi connectivity index (χ4n) is 1.76. The molecule has 0 saturated carbocycles. The van der Waals surface area contributed by atoms with Crippen LogP contribution in [0.15, 0.2) is 59.7 Å². The number of hydrogen-bond donors (Lipinski definition) is 0. The minimum atomic E-state index is 0.740. The third kappa shape index (κ3) is 1.97. The third-order valence-electron chi connectivity index (χ3n) is 2.53. The Bertz CT molecular complexity index is 584. The smallest absolute Gasteiger partial charge is 0.176 e. The van der Waals surface area contributed by atoms with Crippen LogP contribution >= 0.6 is 0 Å². The average Bonchev–Trinajstić information content (AvgIpc) is 3.00. The maximum atomic E-state index is 5.36. The predicted octanol–water partition coefficient (Wildman–Crippen LogP) is 2.59. The maximum absolute atomic E-state index is 5.36. The molecule has 0 radical (unpaired) electrons. The number of hydrogen-bond acceptors (Lipinski definition) is 3. The average molecular weight is 225 g/mol. The molecule has 0 fully saturated rings. The molecule has 0 aliphatic rings. The van der Waals surface area contributed by atoms with Crippen LogP contribution in [0.5, 0.6) is 0 Å². The molecule has 4 heteroatoms. The van der Waals surface area contributed by atoms with Crippen LogP contribution in [-0.4, -0.2) is 14.5 Å². The topological polar surface area (TPSA) is 43.9 Å². The van der Waals surface area contributed by atoms with Gasteiger partial charge in [0, 0.05) is 24.8 Å². The number of pyridine rings is 1. The van der Waals surface area contributed by atoms with E-state index in [2.05, 4.69) is 9.97 Å².